The molecule has 0 bridgehead atoms. The Morgan fingerprint density at radius 1 is 1.22 bits per heavy atom. The zero-order chi connectivity index (χ0) is 16.3. The molecule has 0 aromatic carbocycles. The predicted octanol–water partition coefficient (Wildman–Crippen LogP) is 2.41. The van der Waals surface area contributed by atoms with Crippen LogP contribution in [0.4, 0.5) is 0 Å². The van der Waals surface area contributed by atoms with Crippen LogP contribution in [0.25, 0.3) is 5.52 Å². The van der Waals surface area contributed by atoms with Crippen LogP contribution in [0.3, 0.4) is 0 Å². The molecule has 6 nitrogen and oxygen atoms in total. The number of ketones is 2. The van der Waals surface area contributed by atoms with Crippen LogP contribution in [0, 0.1) is 3.57 Å². The number of pyridine rings is 2. The monoisotopic (exact) mass is 418 g/mol. The van der Waals surface area contributed by atoms with Gasteiger partial charge in [0.1, 0.15) is 11.4 Å². The number of carbonyl (C=O) groups excluding carboxylic acids is 2. The van der Waals surface area contributed by atoms with E-state index in [1.54, 1.807) is 24.4 Å². The zero-order valence-electron chi connectivity index (χ0n) is 11.4. The SMILES string of the molecule is O=C1c2ncccc2C(=O)c2c1c(C(=O)O)c1cc(I)ccn21. The van der Waals surface area contributed by atoms with Crippen molar-refractivity contribution in [3.05, 3.63) is 68.3 Å². The van der Waals surface area contributed by atoms with E-state index in [-0.39, 0.29) is 28.1 Å². The van der Waals surface area contributed by atoms with E-state index in [2.05, 4.69) is 27.6 Å². The zero-order valence-corrected chi connectivity index (χ0v) is 13.6. The van der Waals surface area contributed by atoms with Crippen LogP contribution in [0.2, 0.25) is 0 Å². The first-order valence-electron chi connectivity index (χ1n) is 6.62. The highest BCUT2D eigenvalue weighted by atomic mass is 127. The molecule has 0 amide bonds. The first-order valence-corrected chi connectivity index (χ1v) is 7.70. The number of halogens is 1. The smallest absolute Gasteiger partial charge is 0.338 e. The summed E-state index contributed by atoms with van der Waals surface area (Å²) < 4.78 is 2.28. The fourth-order valence-corrected chi connectivity index (χ4v) is 3.36. The third-order valence-electron chi connectivity index (χ3n) is 3.82. The highest BCUT2D eigenvalue weighted by Gasteiger charge is 2.38. The molecule has 112 valence electrons. The molecule has 1 N–H and O–H groups in total. The Bertz CT molecular complexity index is 1050. The number of aromatic carboxylic acids is 1. The Balaban J connectivity index is 2.20. The summed E-state index contributed by atoms with van der Waals surface area (Å²) in [5.41, 5.74) is 0.352. The van der Waals surface area contributed by atoms with Gasteiger partial charge in [0.05, 0.1) is 22.2 Å². The molecule has 3 aromatic rings. The lowest BCUT2D eigenvalue weighted by atomic mass is 9.89. The van der Waals surface area contributed by atoms with Gasteiger partial charge in [0.25, 0.3) is 0 Å². The summed E-state index contributed by atoms with van der Waals surface area (Å²) in [5, 5.41) is 9.57. The highest BCUT2D eigenvalue weighted by molar-refractivity contribution is 14.1. The first kappa shape index (κ1) is 14.1. The van der Waals surface area contributed by atoms with Gasteiger partial charge in [-0.15, -0.1) is 0 Å². The standard InChI is InChI=1S/C16H7IN2O4/c17-7-3-5-19-9(6-7)10(16(22)23)11-13(19)14(20)8-2-1-4-18-12(8)15(11)21/h1-6H,(H,22,23). The Morgan fingerprint density at radius 3 is 2.74 bits per heavy atom. The quantitative estimate of drug-likeness (QED) is 0.480. The van der Waals surface area contributed by atoms with Crippen LogP contribution >= 0.6 is 22.6 Å². The lowest BCUT2D eigenvalue weighted by molar-refractivity contribution is 0.0695. The molecule has 23 heavy (non-hydrogen) atoms. The van der Waals surface area contributed by atoms with E-state index in [1.807, 2.05) is 0 Å². The fourth-order valence-electron chi connectivity index (χ4n) is 2.90. The molecule has 0 aliphatic heterocycles. The molecular formula is C16H7IN2O4. The number of nitrogens with zero attached hydrogens (tertiary/aromatic N) is 2. The summed E-state index contributed by atoms with van der Waals surface area (Å²) >= 11 is 2.05. The maximum absolute atomic E-state index is 12.8. The minimum Gasteiger partial charge on any atom is -0.478 e. The Kier molecular flexibility index (Phi) is 2.89. The molecule has 1 aliphatic carbocycles. The van der Waals surface area contributed by atoms with Gasteiger partial charge < -0.3 is 9.51 Å². The summed E-state index contributed by atoms with van der Waals surface area (Å²) in [4.78, 5) is 41.2. The van der Waals surface area contributed by atoms with Gasteiger partial charge in [0.2, 0.25) is 11.6 Å². The van der Waals surface area contributed by atoms with Gasteiger partial charge in [0, 0.05) is 16.0 Å². The molecule has 0 unspecified atom stereocenters. The summed E-state index contributed by atoms with van der Waals surface area (Å²) in [6.07, 6.45) is 3.02. The number of hydrogen-bond donors (Lipinski definition) is 1. The van der Waals surface area contributed by atoms with E-state index in [0.717, 1.165) is 3.57 Å². The van der Waals surface area contributed by atoms with E-state index in [4.69, 9.17) is 0 Å². The Labute approximate surface area is 142 Å². The molecule has 3 aromatic heterocycles. The van der Waals surface area contributed by atoms with Crippen molar-refractivity contribution < 1.29 is 19.5 Å². The second-order valence-electron chi connectivity index (χ2n) is 5.06. The van der Waals surface area contributed by atoms with Crippen LogP contribution in [0.5, 0.6) is 0 Å². The average Bonchev–Trinajstić information content (AvgIpc) is 2.87. The molecule has 0 atom stereocenters. The topological polar surface area (TPSA) is 88.7 Å². The summed E-state index contributed by atoms with van der Waals surface area (Å²) in [5.74, 6) is -2.18. The lowest BCUT2D eigenvalue weighted by Crippen LogP contribution is -2.23. The van der Waals surface area contributed by atoms with Crippen molar-refractivity contribution in [1.82, 2.24) is 9.38 Å². The van der Waals surface area contributed by atoms with Crippen LogP contribution in [0.1, 0.15) is 42.5 Å². The van der Waals surface area contributed by atoms with Crippen LogP contribution in [-0.2, 0) is 0 Å². The maximum atomic E-state index is 12.8. The van der Waals surface area contributed by atoms with Crippen molar-refractivity contribution in [3.63, 3.8) is 0 Å². The van der Waals surface area contributed by atoms with Crippen LogP contribution in [0.15, 0.2) is 36.7 Å². The van der Waals surface area contributed by atoms with Crippen molar-refractivity contribution >= 4 is 45.6 Å². The molecule has 0 radical (unpaired) electrons. The number of carboxylic acid groups (broad SMARTS) is 1. The third kappa shape index (κ3) is 1.79. The van der Waals surface area contributed by atoms with Gasteiger partial charge in [-0.3, -0.25) is 14.6 Å². The third-order valence-corrected chi connectivity index (χ3v) is 4.50. The van der Waals surface area contributed by atoms with Gasteiger partial charge in [-0.2, -0.15) is 0 Å². The van der Waals surface area contributed by atoms with Crippen molar-refractivity contribution in [2.75, 3.05) is 0 Å². The summed E-state index contributed by atoms with van der Waals surface area (Å²) in [6, 6.07) is 6.49. The second-order valence-corrected chi connectivity index (χ2v) is 6.31. The average molecular weight is 418 g/mol. The number of aromatic nitrogens is 2. The number of carbonyl (C=O) groups is 3. The van der Waals surface area contributed by atoms with Crippen LogP contribution in [-0.4, -0.2) is 32.0 Å². The lowest BCUT2D eigenvalue weighted by Gasteiger charge is -2.14. The molecule has 3 heterocycles. The number of carboxylic acids is 1. The molecule has 4 rings (SSSR count). The van der Waals surface area contributed by atoms with Gasteiger partial charge in [-0.25, -0.2) is 4.79 Å². The normalized spacial score (nSPS) is 13.1. The summed E-state index contributed by atoms with van der Waals surface area (Å²) in [7, 11) is 0. The maximum Gasteiger partial charge on any atom is 0.338 e. The largest absolute Gasteiger partial charge is 0.478 e. The van der Waals surface area contributed by atoms with Crippen molar-refractivity contribution in [1.29, 1.82) is 0 Å². The molecule has 7 heteroatoms. The van der Waals surface area contributed by atoms with E-state index < -0.39 is 17.5 Å². The van der Waals surface area contributed by atoms with E-state index >= 15 is 0 Å². The Hall–Kier alpha value is -2.55. The van der Waals surface area contributed by atoms with Crippen molar-refractivity contribution in [2.24, 2.45) is 0 Å². The van der Waals surface area contributed by atoms with Crippen molar-refractivity contribution in [3.8, 4) is 0 Å². The fraction of sp³-hybridized carbons (Fsp3) is 0. The number of hydrogen-bond acceptors (Lipinski definition) is 4. The van der Waals surface area contributed by atoms with Gasteiger partial charge in [-0.1, -0.05) is 0 Å². The number of fused-ring (bicyclic) bond motifs is 4. The molecular weight excluding hydrogens is 411 g/mol. The number of rotatable bonds is 1. The van der Waals surface area contributed by atoms with E-state index in [0.29, 0.717) is 5.52 Å². The molecule has 0 spiro atoms. The summed E-state index contributed by atoms with van der Waals surface area (Å²) in [6.45, 7) is 0. The first-order chi connectivity index (χ1) is 11.0. The predicted molar refractivity (Wildman–Crippen MR) is 88.2 cm³/mol. The molecule has 0 saturated carbocycles. The van der Waals surface area contributed by atoms with Gasteiger partial charge in [-0.05, 0) is 46.9 Å². The van der Waals surface area contributed by atoms with Gasteiger partial charge in [0.15, 0.2) is 0 Å². The van der Waals surface area contributed by atoms with Crippen LogP contribution < -0.4 is 0 Å². The van der Waals surface area contributed by atoms with E-state index in [9.17, 15) is 19.5 Å². The Morgan fingerprint density at radius 2 is 2.00 bits per heavy atom. The minimum absolute atomic E-state index is 0.00176. The second kappa shape index (κ2) is 4.72. The highest BCUT2D eigenvalue weighted by Crippen LogP contribution is 2.33. The van der Waals surface area contributed by atoms with Crippen molar-refractivity contribution in [2.45, 2.75) is 0 Å². The molecule has 0 saturated heterocycles. The molecule has 1 aliphatic rings. The minimum atomic E-state index is -1.24. The van der Waals surface area contributed by atoms with Gasteiger partial charge >= 0.3 is 5.97 Å². The van der Waals surface area contributed by atoms with E-state index in [1.165, 1.54) is 16.7 Å². The molecule has 0 fully saturated rings.